The third-order valence-corrected chi connectivity index (χ3v) is 3.98. The van der Waals surface area contributed by atoms with E-state index in [9.17, 15) is 4.79 Å². The number of rotatable bonds is 7. The summed E-state index contributed by atoms with van der Waals surface area (Å²) in [7, 11) is 3.42. The predicted molar refractivity (Wildman–Crippen MR) is 96.4 cm³/mol. The largest absolute Gasteiger partial charge is 0.497 e. The highest BCUT2D eigenvalue weighted by Gasteiger charge is 2.12. The zero-order valence-electron chi connectivity index (χ0n) is 14.4. The van der Waals surface area contributed by atoms with E-state index in [1.807, 2.05) is 30.3 Å². The SMILES string of the molecule is C=CCN(Cc1ccc(OC)cc1)Cc1nc2c(cnn2C)c(=O)[nH]1. The molecule has 0 atom stereocenters. The Kier molecular flexibility index (Phi) is 4.95. The Labute approximate surface area is 145 Å². The van der Waals surface area contributed by atoms with E-state index in [4.69, 9.17) is 4.74 Å². The lowest BCUT2D eigenvalue weighted by Gasteiger charge is -2.20. The van der Waals surface area contributed by atoms with Crippen molar-refractivity contribution >= 4 is 11.0 Å². The molecule has 7 heteroatoms. The summed E-state index contributed by atoms with van der Waals surface area (Å²) in [5.41, 5.74) is 1.56. The molecule has 0 spiro atoms. The number of aromatic nitrogens is 4. The molecule has 1 N–H and O–H groups in total. The van der Waals surface area contributed by atoms with Crippen molar-refractivity contribution in [2.45, 2.75) is 13.1 Å². The first kappa shape index (κ1) is 16.9. The standard InChI is InChI=1S/C18H21N5O2/c1-4-9-23(11-13-5-7-14(25-3)8-6-13)12-16-20-17-15(18(24)21-16)10-19-22(17)2/h4-8,10H,1,9,11-12H2,2-3H3,(H,20,21,24). The molecule has 0 aliphatic carbocycles. The maximum atomic E-state index is 12.2. The maximum absolute atomic E-state index is 12.2. The predicted octanol–water partition coefficient (Wildman–Crippen LogP) is 1.85. The molecule has 3 aromatic rings. The lowest BCUT2D eigenvalue weighted by Crippen LogP contribution is -2.25. The Bertz CT molecular complexity index is 927. The van der Waals surface area contributed by atoms with Crippen LogP contribution in [0.3, 0.4) is 0 Å². The second kappa shape index (κ2) is 7.31. The lowest BCUT2D eigenvalue weighted by molar-refractivity contribution is 0.278. The number of nitrogens with zero attached hydrogens (tertiary/aromatic N) is 4. The summed E-state index contributed by atoms with van der Waals surface area (Å²) in [4.78, 5) is 21.7. The van der Waals surface area contributed by atoms with E-state index < -0.39 is 0 Å². The van der Waals surface area contributed by atoms with Crippen molar-refractivity contribution in [1.82, 2.24) is 24.6 Å². The highest BCUT2D eigenvalue weighted by Crippen LogP contribution is 2.14. The van der Waals surface area contributed by atoms with Gasteiger partial charge in [0.05, 0.1) is 19.9 Å². The Morgan fingerprint density at radius 1 is 1.32 bits per heavy atom. The van der Waals surface area contributed by atoms with Gasteiger partial charge in [0.1, 0.15) is 17.0 Å². The molecular formula is C18H21N5O2. The average molecular weight is 339 g/mol. The highest BCUT2D eigenvalue weighted by atomic mass is 16.5. The van der Waals surface area contributed by atoms with Crippen LogP contribution in [0.1, 0.15) is 11.4 Å². The molecule has 3 rings (SSSR count). The average Bonchev–Trinajstić information content (AvgIpc) is 2.97. The summed E-state index contributed by atoms with van der Waals surface area (Å²) in [6.07, 6.45) is 3.37. The molecule has 0 radical (unpaired) electrons. The van der Waals surface area contributed by atoms with Crippen LogP contribution in [0, 0.1) is 0 Å². The lowest BCUT2D eigenvalue weighted by atomic mass is 10.2. The van der Waals surface area contributed by atoms with Gasteiger partial charge in [-0.2, -0.15) is 5.10 Å². The van der Waals surface area contributed by atoms with Crippen LogP contribution in [-0.4, -0.2) is 38.3 Å². The normalized spacial score (nSPS) is 11.2. The van der Waals surface area contributed by atoms with Gasteiger partial charge in [-0.05, 0) is 17.7 Å². The quantitative estimate of drug-likeness (QED) is 0.665. The summed E-state index contributed by atoms with van der Waals surface area (Å²) in [6.45, 7) is 5.72. The maximum Gasteiger partial charge on any atom is 0.262 e. The van der Waals surface area contributed by atoms with E-state index in [2.05, 4.69) is 26.5 Å². The molecule has 0 bridgehead atoms. The van der Waals surface area contributed by atoms with Crippen LogP contribution in [-0.2, 0) is 20.1 Å². The summed E-state index contributed by atoms with van der Waals surface area (Å²) in [6, 6.07) is 7.91. The number of benzene rings is 1. The van der Waals surface area contributed by atoms with E-state index in [0.717, 1.165) is 11.3 Å². The Balaban J connectivity index is 1.82. The van der Waals surface area contributed by atoms with Crippen molar-refractivity contribution in [3.8, 4) is 5.75 Å². The molecule has 0 amide bonds. The van der Waals surface area contributed by atoms with Gasteiger partial charge in [-0.3, -0.25) is 14.4 Å². The van der Waals surface area contributed by atoms with Crippen molar-refractivity contribution in [3.05, 3.63) is 64.9 Å². The number of ether oxygens (including phenoxy) is 1. The van der Waals surface area contributed by atoms with E-state index in [1.165, 1.54) is 6.20 Å². The van der Waals surface area contributed by atoms with Crippen LogP contribution in [0.2, 0.25) is 0 Å². The Morgan fingerprint density at radius 2 is 2.08 bits per heavy atom. The third kappa shape index (κ3) is 3.77. The van der Waals surface area contributed by atoms with Crippen molar-refractivity contribution in [1.29, 1.82) is 0 Å². The van der Waals surface area contributed by atoms with Crippen molar-refractivity contribution in [3.63, 3.8) is 0 Å². The Morgan fingerprint density at radius 3 is 2.76 bits per heavy atom. The van der Waals surface area contributed by atoms with Gasteiger partial charge in [0.2, 0.25) is 0 Å². The molecule has 2 aromatic heterocycles. The number of hydrogen-bond donors (Lipinski definition) is 1. The van der Waals surface area contributed by atoms with Crippen molar-refractivity contribution in [2.75, 3.05) is 13.7 Å². The smallest absolute Gasteiger partial charge is 0.262 e. The molecule has 0 fully saturated rings. The molecule has 0 unspecified atom stereocenters. The minimum atomic E-state index is -0.170. The summed E-state index contributed by atoms with van der Waals surface area (Å²) < 4.78 is 6.79. The van der Waals surface area contributed by atoms with E-state index in [-0.39, 0.29) is 5.56 Å². The fourth-order valence-electron chi connectivity index (χ4n) is 2.72. The fraction of sp³-hybridized carbons (Fsp3) is 0.278. The molecule has 0 saturated carbocycles. The number of aryl methyl sites for hydroxylation is 1. The molecule has 2 heterocycles. The monoisotopic (exact) mass is 339 g/mol. The molecular weight excluding hydrogens is 318 g/mol. The number of hydrogen-bond acceptors (Lipinski definition) is 5. The number of H-pyrrole nitrogens is 1. The van der Waals surface area contributed by atoms with Gasteiger partial charge in [-0.15, -0.1) is 6.58 Å². The molecule has 0 saturated heterocycles. The molecule has 0 aliphatic heterocycles. The molecule has 0 aliphatic rings. The Hall–Kier alpha value is -2.93. The zero-order valence-corrected chi connectivity index (χ0v) is 14.4. The van der Waals surface area contributed by atoms with Crippen LogP contribution < -0.4 is 10.3 Å². The van der Waals surface area contributed by atoms with Crippen LogP contribution in [0.4, 0.5) is 0 Å². The number of methoxy groups -OCH3 is 1. The first-order chi connectivity index (χ1) is 12.1. The van der Waals surface area contributed by atoms with Gasteiger partial charge in [0.25, 0.3) is 5.56 Å². The number of fused-ring (bicyclic) bond motifs is 1. The molecule has 1 aromatic carbocycles. The molecule has 130 valence electrons. The van der Waals surface area contributed by atoms with Gasteiger partial charge >= 0.3 is 0 Å². The topological polar surface area (TPSA) is 76.0 Å². The minimum Gasteiger partial charge on any atom is -0.497 e. The summed E-state index contributed by atoms with van der Waals surface area (Å²) in [5, 5.41) is 4.59. The molecule has 25 heavy (non-hydrogen) atoms. The number of nitrogens with one attached hydrogen (secondary N) is 1. The van der Waals surface area contributed by atoms with E-state index in [1.54, 1.807) is 18.8 Å². The van der Waals surface area contributed by atoms with Crippen LogP contribution in [0.5, 0.6) is 5.75 Å². The molecule has 7 nitrogen and oxygen atoms in total. The van der Waals surface area contributed by atoms with Gasteiger partial charge in [0, 0.05) is 20.1 Å². The van der Waals surface area contributed by atoms with E-state index in [0.29, 0.717) is 36.5 Å². The van der Waals surface area contributed by atoms with Crippen molar-refractivity contribution in [2.24, 2.45) is 7.05 Å². The minimum absolute atomic E-state index is 0.170. The van der Waals surface area contributed by atoms with E-state index >= 15 is 0 Å². The fourth-order valence-corrected chi connectivity index (χ4v) is 2.72. The summed E-state index contributed by atoms with van der Waals surface area (Å²) in [5.74, 6) is 1.43. The number of aromatic amines is 1. The summed E-state index contributed by atoms with van der Waals surface area (Å²) >= 11 is 0. The van der Waals surface area contributed by atoms with Gasteiger partial charge in [-0.1, -0.05) is 18.2 Å². The second-order valence-corrected chi connectivity index (χ2v) is 5.82. The first-order valence-corrected chi connectivity index (χ1v) is 7.98. The third-order valence-electron chi connectivity index (χ3n) is 3.98. The zero-order chi connectivity index (χ0) is 17.8. The van der Waals surface area contributed by atoms with Crippen molar-refractivity contribution < 1.29 is 4.74 Å². The van der Waals surface area contributed by atoms with Gasteiger partial charge < -0.3 is 9.72 Å². The highest BCUT2D eigenvalue weighted by molar-refractivity contribution is 5.72. The van der Waals surface area contributed by atoms with Crippen LogP contribution in [0.25, 0.3) is 11.0 Å². The van der Waals surface area contributed by atoms with Gasteiger partial charge in [0.15, 0.2) is 5.65 Å². The van der Waals surface area contributed by atoms with Crippen LogP contribution >= 0.6 is 0 Å². The van der Waals surface area contributed by atoms with Gasteiger partial charge in [-0.25, -0.2) is 4.98 Å². The second-order valence-electron chi connectivity index (χ2n) is 5.82. The van der Waals surface area contributed by atoms with Crippen LogP contribution in [0.15, 0.2) is 47.9 Å². The first-order valence-electron chi connectivity index (χ1n) is 7.98.